The summed E-state index contributed by atoms with van der Waals surface area (Å²) in [6.07, 6.45) is -1.92. The lowest BCUT2D eigenvalue weighted by Gasteiger charge is -2.18. The molecule has 0 bridgehead atoms. The van der Waals surface area contributed by atoms with E-state index < -0.39 is 36.1 Å². The van der Waals surface area contributed by atoms with Gasteiger partial charge in [0.05, 0.1) is 0 Å². The average Bonchev–Trinajstić information content (AvgIpc) is 3.68. The molecule has 0 spiro atoms. The van der Waals surface area contributed by atoms with Crippen molar-refractivity contribution >= 4 is 35.6 Å². The SMILES string of the molecule is CC(=O)CC(NC(=O)OCC1c2ccccc2-c2ccccc21)C(=O)O.CN.CNC(=O)C(CC(C)=O)NC(=O)OCC1c2ccccc2-c2ccccc21. The maximum Gasteiger partial charge on any atom is 0.407 e. The fraction of sp³-hybridized carbons (Fsp3) is 0.286. The monoisotopic (exact) mass is 750 g/mol. The maximum atomic E-state index is 12.2. The third-order valence-electron chi connectivity index (χ3n) is 9.12. The van der Waals surface area contributed by atoms with Crippen molar-refractivity contribution < 1.29 is 43.3 Å². The molecule has 0 saturated carbocycles. The van der Waals surface area contributed by atoms with Crippen molar-refractivity contribution in [3.8, 4) is 22.3 Å². The second-order valence-corrected chi connectivity index (χ2v) is 12.8. The Hall–Kier alpha value is -6.34. The zero-order chi connectivity index (χ0) is 40.1. The molecule has 0 aromatic heterocycles. The summed E-state index contributed by atoms with van der Waals surface area (Å²) in [5.74, 6) is -2.38. The van der Waals surface area contributed by atoms with Crippen LogP contribution in [0.5, 0.6) is 0 Å². The third-order valence-corrected chi connectivity index (χ3v) is 9.12. The van der Waals surface area contributed by atoms with Gasteiger partial charge in [0.1, 0.15) is 36.9 Å². The molecule has 0 fully saturated rings. The van der Waals surface area contributed by atoms with E-state index in [4.69, 9.17) is 14.6 Å². The first-order valence-electron chi connectivity index (χ1n) is 17.7. The minimum absolute atomic E-state index is 0.0607. The first-order valence-corrected chi connectivity index (χ1v) is 17.7. The van der Waals surface area contributed by atoms with Crippen LogP contribution in [0.15, 0.2) is 97.1 Å². The smallest absolute Gasteiger partial charge is 0.407 e. The number of carboxylic acid groups (broad SMARTS) is 1. The Morgan fingerprint density at radius 3 is 1.20 bits per heavy atom. The zero-order valence-corrected chi connectivity index (χ0v) is 31.2. The Morgan fingerprint density at radius 1 is 0.582 bits per heavy atom. The molecule has 2 unspecified atom stereocenters. The van der Waals surface area contributed by atoms with Crippen LogP contribution in [0.2, 0.25) is 0 Å². The molecule has 2 aliphatic rings. The number of carbonyl (C=O) groups is 6. The van der Waals surface area contributed by atoms with Crippen LogP contribution in [-0.2, 0) is 28.7 Å². The minimum atomic E-state index is -1.29. The van der Waals surface area contributed by atoms with Crippen LogP contribution in [0.1, 0.15) is 60.8 Å². The molecule has 55 heavy (non-hydrogen) atoms. The van der Waals surface area contributed by atoms with E-state index in [1.807, 2.05) is 84.9 Å². The van der Waals surface area contributed by atoms with Crippen molar-refractivity contribution in [3.63, 3.8) is 0 Å². The van der Waals surface area contributed by atoms with Crippen molar-refractivity contribution in [2.75, 3.05) is 27.3 Å². The van der Waals surface area contributed by atoms with Crippen molar-refractivity contribution in [1.29, 1.82) is 0 Å². The molecule has 6 rings (SSSR count). The van der Waals surface area contributed by atoms with Gasteiger partial charge in [-0.2, -0.15) is 0 Å². The number of fused-ring (bicyclic) bond motifs is 6. The number of ketones is 2. The Kier molecular flexibility index (Phi) is 14.8. The highest BCUT2D eigenvalue weighted by Gasteiger charge is 2.31. The molecule has 3 amide bonds. The van der Waals surface area contributed by atoms with Crippen LogP contribution in [0.3, 0.4) is 0 Å². The van der Waals surface area contributed by atoms with E-state index in [0.29, 0.717) is 0 Å². The number of rotatable bonds is 12. The lowest BCUT2D eigenvalue weighted by molar-refractivity contribution is -0.141. The molecule has 13 nitrogen and oxygen atoms in total. The largest absolute Gasteiger partial charge is 0.480 e. The molecule has 0 heterocycles. The molecule has 2 aliphatic carbocycles. The first kappa shape index (κ1) is 41.4. The standard InChI is InChI=1S/C21H22N2O4.C20H19NO5.CH5N/c1-13(24)11-19(20(25)22-2)23-21(26)27-12-18-16-9-5-3-7-14(16)15-8-4-6-10-17(15)18;1-12(22)10-18(19(23)24)21-20(25)26-11-17-15-8-4-2-6-13(15)14-7-3-5-9-16(14)17;1-2/h3-10,18-19H,11-12H2,1-2H3,(H,22,25)(H,23,26);2-9,17-18H,10-11H2,1H3,(H,21,25)(H,23,24);2H2,1H3. The average molecular weight is 751 g/mol. The number of carboxylic acids is 1. The number of benzene rings is 4. The lowest BCUT2D eigenvalue weighted by atomic mass is 9.98. The van der Waals surface area contributed by atoms with Gasteiger partial charge in [-0.15, -0.1) is 0 Å². The fourth-order valence-corrected chi connectivity index (χ4v) is 6.72. The van der Waals surface area contributed by atoms with Gasteiger partial charge in [0.25, 0.3) is 0 Å². The van der Waals surface area contributed by atoms with Crippen molar-refractivity contribution in [3.05, 3.63) is 119 Å². The Bertz CT molecular complexity index is 1940. The molecular formula is C42H46N4O9. The van der Waals surface area contributed by atoms with Crippen LogP contribution in [0.4, 0.5) is 9.59 Å². The third kappa shape index (κ3) is 10.4. The van der Waals surface area contributed by atoms with Crippen molar-refractivity contribution in [1.82, 2.24) is 16.0 Å². The molecular weight excluding hydrogens is 704 g/mol. The molecule has 2 atom stereocenters. The van der Waals surface area contributed by atoms with Gasteiger partial charge in [0, 0.05) is 31.7 Å². The fourth-order valence-electron chi connectivity index (χ4n) is 6.72. The predicted octanol–water partition coefficient (Wildman–Crippen LogP) is 5.15. The van der Waals surface area contributed by atoms with Crippen molar-refractivity contribution in [2.45, 2.75) is 50.6 Å². The van der Waals surface area contributed by atoms with Crippen LogP contribution in [0, 0.1) is 0 Å². The maximum absolute atomic E-state index is 12.2. The highest BCUT2D eigenvalue weighted by atomic mass is 16.6. The molecule has 13 heteroatoms. The van der Waals surface area contributed by atoms with Gasteiger partial charge in [0.2, 0.25) is 5.91 Å². The number of nitrogens with one attached hydrogen (secondary N) is 3. The van der Waals surface area contributed by atoms with Gasteiger partial charge >= 0.3 is 18.2 Å². The van der Waals surface area contributed by atoms with Crippen LogP contribution in [-0.4, -0.2) is 80.1 Å². The molecule has 0 radical (unpaired) electrons. The van der Waals surface area contributed by atoms with Gasteiger partial charge in [-0.05, 0) is 65.4 Å². The summed E-state index contributed by atoms with van der Waals surface area (Å²) in [6.45, 7) is 2.89. The van der Waals surface area contributed by atoms with Gasteiger partial charge in [0.15, 0.2) is 0 Å². The number of carbonyl (C=O) groups excluding carboxylic acids is 5. The molecule has 288 valence electrons. The summed E-state index contributed by atoms with van der Waals surface area (Å²) >= 11 is 0. The van der Waals surface area contributed by atoms with Crippen LogP contribution >= 0.6 is 0 Å². The van der Waals surface area contributed by atoms with E-state index in [9.17, 15) is 28.8 Å². The molecule has 4 aromatic carbocycles. The summed E-state index contributed by atoms with van der Waals surface area (Å²) in [6, 6.07) is 29.7. The van der Waals surface area contributed by atoms with Gasteiger partial charge < -0.3 is 36.3 Å². The van der Waals surface area contributed by atoms with Crippen LogP contribution in [0.25, 0.3) is 22.3 Å². The summed E-state index contributed by atoms with van der Waals surface area (Å²) in [7, 11) is 2.95. The van der Waals surface area contributed by atoms with E-state index in [2.05, 4.69) is 33.8 Å². The highest BCUT2D eigenvalue weighted by molar-refractivity contribution is 5.91. The normalized spacial score (nSPS) is 13.0. The number of likely N-dealkylation sites (N-methyl/N-ethyl adjacent to an activating group) is 1. The van der Waals surface area contributed by atoms with E-state index in [1.54, 1.807) is 0 Å². The van der Waals surface area contributed by atoms with E-state index >= 15 is 0 Å². The topological polar surface area (TPSA) is 203 Å². The summed E-state index contributed by atoms with van der Waals surface area (Å²) in [4.78, 5) is 69.6. The van der Waals surface area contributed by atoms with Crippen LogP contribution < -0.4 is 21.7 Å². The van der Waals surface area contributed by atoms with E-state index in [0.717, 1.165) is 44.5 Å². The predicted molar refractivity (Wildman–Crippen MR) is 206 cm³/mol. The van der Waals surface area contributed by atoms with Gasteiger partial charge in [-0.25, -0.2) is 14.4 Å². The molecule has 4 aromatic rings. The number of hydrogen-bond donors (Lipinski definition) is 5. The number of ether oxygens (including phenoxy) is 2. The summed E-state index contributed by atoms with van der Waals surface area (Å²) in [5.41, 5.74) is 13.4. The molecule has 0 saturated heterocycles. The zero-order valence-electron chi connectivity index (χ0n) is 31.2. The Morgan fingerprint density at radius 2 is 0.891 bits per heavy atom. The minimum Gasteiger partial charge on any atom is -0.480 e. The lowest BCUT2D eigenvalue weighted by Crippen LogP contribution is -2.47. The Balaban J connectivity index is 0.000000234. The number of aliphatic carboxylic acids is 1. The van der Waals surface area contributed by atoms with E-state index in [-0.39, 0.29) is 49.5 Å². The summed E-state index contributed by atoms with van der Waals surface area (Å²) < 4.78 is 10.7. The van der Waals surface area contributed by atoms with Crippen molar-refractivity contribution in [2.24, 2.45) is 5.73 Å². The number of Topliss-reactive ketones (excluding diaryl/α,β-unsaturated/α-hetero) is 2. The number of amides is 3. The number of hydrogen-bond acceptors (Lipinski definition) is 9. The summed E-state index contributed by atoms with van der Waals surface area (Å²) in [5, 5.41) is 16.2. The highest BCUT2D eigenvalue weighted by Crippen LogP contribution is 2.45. The number of nitrogens with two attached hydrogens (primary N) is 1. The molecule has 6 N–H and O–H groups in total. The van der Waals surface area contributed by atoms with Gasteiger partial charge in [-0.3, -0.25) is 14.4 Å². The molecule has 0 aliphatic heterocycles. The number of alkyl carbamates (subject to hydrolysis) is 2. The second kappa shape index (κ2) is 19.7. The first-order chi connectivity index (χ1) is 26.5. The van der Waals surface area contributed by atoms with E-state index in [1.165, 1.54) is 27.9 Å². The second-order valence-electron chi connectivity index (χ2n) is 12.8. The Labute approximate surface area is 319 Å². The quantitative estimate of drug-likeness (QED) is 0.129. The van der Waals surface area contributed by atoms with Gasteiger partial charge in [-0.1, -0.05) is 97.1 Å².